The molecule has 0 saturated heterocycles. The van der Waals surface area contributed by atoms with E-state index >= 15 is 0 Å². The fourth-order valence-electron chi connectivity index (χ4n) is 7.17. The first-order chi connectivity index (χ1) is 22.2. The molecule has 214 valence electrons. The van der Waals surface area contributed by atoms with E-state index in [0.29, 0.717) is 0 Å². The number of nitrogens with one attached hydrogen (secondary N) is 1. The molecule has 3 nitrogen and oxygen atoms in total. The van der Waals surface area contributed by atoms with Crippen LogP contribution in [0.15, 0.2) is 158 Å². The number of hydrogen-bond donors (Lipinski definition) is 1. The third-order valence-corrected chi connectivity index (χ3v) is 9.32. The van der Waals surface area contributed by atoms with Crippen LogP contribution < -0.4 is 10.2 Å². The van der Waals surface area contributed by atoms with Crippen molar-refractivity contribution in [3.63, 3.8) is 0 Å². The Labute approximate surface area is 263 Å². The summed E-state index contributed by atoms with van der Waals surface area (Å²) < 4.78 is 2.34. The highest BCUT2D eigenvalue weighted by Gasteiger charge is 2.28. The van der Waals surface area contributed by atoms with Crippen LogP contribution in [0.2, 0.25) is 0 Å². The van der Waals surface area contributed by atoms with Crippen molar-refractivity contribution in [1.82, 2.24) is 9.88 Å². The average molecular weight is 578 g/mol. The second-order valence-corrected chi connectivity index (χ2v) is 11.9. The van der Waals surface area contributed by atoms with Gasteiger partial charge in [-0.15, -0.1) is 0 Å². The molecule has 0 aliphatic carbocycles. The third-order valence-electron chi connectivity index (χ3n) is 9.32. The topological polar surface area (TPSA) is 20.2 Å². The predicted molar refractivity (Wildman–Crippen MR) is 190 cm³/mol. The predicted octanol–water partition coefficient (Wildman–Crippen LogP) is 10.9. The van der Waals surface area contributed by atoms with Crippen molar-refractivity contribution in [2.75, 3.05) is 4.90 Å². The van der Waals surface area contributed by atoms with Crippen molar-refractivity contribution < 1.29 is 0 Å². The van der Waals surface area contributed by atoms with Gasteiger partial charge in [-0.3, -0.25) is 0 Å². The van der Waals surface area contributed by atoms with Crippen LogP contribution in [0.5, 0.6) is 0 Å². The van der Waals surface area contributed by atoms with Gasteiger partial charge in [0.15, 0.2) is 0 Å². The van der Waals surface area contributed by atoms with Crippen molar-refractivity contribution in [3.05, 3.63) is 158 Å². The molecule has 1 N–H and O–H groups in total. The van der Waals surface area contributed by atoms with E-state index in [4.69, 9.17) is 0 Å². The Morgan fingerprint density at radius 1 is 0.556 bits per heavy atom. The second kappa shape index (κ2) is 10.1. The molecule has 3 heterocycles. The maximum absolute atomic E-state index is 3.47. The van der Waals surface area contributed by atoms with Gasteiger partial charge in [0.05, 0.1) is 28.6 Å². The monoisotopic (exact) mass is 577 g/mol. The van der Waals surface area contributed by atoms with E-state index in [1.54, 1.807) is 0 Å². The van der Waals surface area contributed by atoms with Gasteiger partial charge in [-0.1, -0.05) is 97.1 Å². The molecule has 3 heteroatoms. The molecule has 0 radical (unpaired) electrons. The highest BCUT2D eigenvalue weighted by atomic mass is 15.2. The van der Waals surface area contributed by atoms with Crippen molar-refractivity contribution in [2.45, 2.75) is 13.0 Å². The molecule has 1 unspecified atom stereocenters. The summed E-state index contributed by atoms with van der Waals surface area (Å²) in [6.45, 7) is 2.21. The highest BCUT2D eigenvalue weighted by molar-refractivity contribution is 6.10. The SMILES string of the molecule is CC1NC=CC=C1n1ccc2cc3c(cc21)-c1ccccc1-c1ccccc1N3c1cc(-c2ccccc2)cc2ccccc12. The lowest BCUT2D eigenvalue weighted by atomic mass is 9.94. The largest absolute Gasteiger partial charge is 0.383 e. The van der Waals surface area contributed by atoms with E-state index in [2.05, 4.69) is 174 Å². The Balaban J connectivity index is 1.39. The van der Waals surface area contributed by atoms with E-state index in [0.717, 1.165) is 0 Å². The molecule has 6 aromatic carbocycles. The number of fused-ring (bicyclic) bond motifs is 7. The summed E-state index contributed by atoms with van der Waals surface area (Å²) in [6, 6.07) is 49.2. The summed E-state index contributed by atoms with van der Waals surface area (Å²) in [5.74, 6) is 0. The summed E-state index contributed by atoms with van der Waals surface area (Å²) in [5, 5.41) is 7.13. The van der Waals surface area contributed by atoms with Crippen molar-refractivity contribution in [2.24, 2.45) is 0 Å². The standard InChI is InChI=1S/C42H31N3/c1-28-38(20-11-22-43-28)44-23-21-31-25-42-37(27-40(31)44)35-17-8-7-16-34(35)36-18-9-10-19-39(36)45(42)41-26-32(29-12-3-2-4-13-29)24-30-14-5-6-15-33(30)41/h2-28,43H,1H3. The number of nitrogens with zero attached hydrogens (tertiary/aromatic N) is 2. The lowest BCUT2D eigenvalue weighted by molar-refractivity contribution is 0.745. The number of benzene rings is 6. The number of aromatic nitrogens is 1. The molecule has 0 amide bonds. The Bertz CT molecular complexity index is 2320. The zero-order valence-corrected chi connectivity index (χ0v) is 25.0. The Hall–Kier alpha value is -5.80. The van der Waals surface area contributed by atoms with E-state index < -0.39 is 0 Å². The minimum absolute atomic E-state index is 0.213. The van der Waals surface area contributed by atoms with Gasteiger partial charge in [0.1, 0.15) is 0 Å². The quantitative estimate of drug-likeness (QED) is 0.225. The Morgan fingerprint density at radius 3 is 2.13 bits per heavy atom. The molecular formula is C42H31N3. The van der Waals surface area contributed by atoms with Crippen LogP contribution in [0, 0.1) is 0 Å². The van der Waals surface area contributed by atoms with E-state index in [1.807, 2.05) is 6.20 Å². The molecule has 2 aliphatic rings. The minimum Gasteiger partial charge on any atom is -0.383 e. The van der Waals surface area contributed by atoms with Crippen LogP contribution in [0.25, 0.3) is 60.8 Å². The molecule has 2 aliphatic heterocycles. The molecule has 9 rings (SSSR count). The zero-order valence-electron chi connectivity index (χ0n) is 25.0. The summed E-state index contributed by atoms with van der Waals surface area (Å²) in [5.41, 5.74) is 13.3. The van der Waals surface area contributed by atoms with Crippen LogP contribution in [0.4, 0.5) is 17.1 Å². The first-order valence-electron chi connectivity index (χ1n) is 15.6. The number of allylic oxidation sites excluding steroid dienone is 2. The zero-order chi connectivity index (χ0) is 29.9. The number of dihydropyridines is 1. The van der Waals surface area contributed by atoms with Crippen LogP contribution >= 0.6 is 0 Å². The first-order valence-corrected chi connectivity index (χ1v) is 15.6. The van der Waals surface area contributed by atoms with Crippen molar-refractivity contribution >= 4 is 44.4 Å². The maximum Gasteiger partial charge on any atom is 0.0635 e. The Morgan fingerprint density at radius 2 is 1.29 bits per heavy atom. The van der Waals surface area contributed by atoms with Gasteiger partial charge in [-0.2, -0.15) is 0 Å². The molecule has 0 spiro atoms. The Kier molecular flexibility index (Phi) is 5.79. The first kappa shape index (κ1) is 25.7. The van der Waals surface area contributed by atoms with Crippen molar-refractivity contribution in [3.8, 4) is 33.4 Å². The van der Waals surface area contributed by atoms with E-state index in [-0.39, 0.29) is 6.04 Å². The molecule has 0 fully saturated rings. The van der Waals surface area contributed by atoms with Crippen molar-refractivity contribution in [1.29, 1.82) is 0 Å². The summed E-state index contributed by atoms with van der Waals surface area (Å²) >= 11 is 0. The molecule has 45 heavy (non-hydrogen) atoms. The van der Waals surface area contributed by atoms with Crippen LogP contribution in [0.1, 0.15) is 6.92 Å². The fraction of sp³-hybridized carbons (Fsp3) is 0.0476. The smallest absolute Gasteiger partial charge is 0.0635 e. The van der Waals surface area contributed by atoms with Gasteiger partial charge in [-0.05, 0) is 89.3 Å². The second-order valence-electron chi connectivity index (χ2n) is 11.9. The number of hydrogen-bond acceptors (Lipinski definition) is 2. The molecule has 1 aromatic heterocycles. The molecule has 1 atom stereocenters. The molecular weight excluding hydrogens is 546 g/mol. The van der Waals surface area contributed by atoms with Gasteiger partial charge in [-0.25, -0.2) is 0 Å². The number of para-hydroxylation sites is 1. The summed E-state index contributed by atoms with van der Waals surface area (Å²) in [7, 11) is 0. The van der Waals surface area contributed by atoms with Gasteiger partial charge >= 0.3 is 0 Å². The van der Waals surface area contributed by atoms with Gasteiger partial charge in [0, 0.05) is 33.8 Å². The van der Waals surface area contributed by atoms with Crippen LogP contribution in [-0.2, 0) is 0 Å². The normalized spacial score (nSPS) is 15.2. The third kappa shape index (κ3) is 4.05. The molecule has 0 saturated carbocycles. The fourth-order valence-corrected chi connectivity index (χ4v) is 7.17. The lowest BCUT2D eigenvalue weighted by Gasteiger charge is -2.29. The lowest BCUT2D eigenvalue weighted by Crippen LogP contribution is -2.26. The van der Waals surface area contributed by atoms with E-state index in [1.165, 1.54) is 77.8 Å². The maximum atomic E-state index is 3.47. The summed E-state index contributed by atoms with van der Waals surface area (Å²) in [4.78, 5) is 2.50. The molecule has 7 aromatic rings. The van der Waals surface area contributed by atoms with Gasteiger partial charge in [0.2, 0.25) is 0 Å². The van der Waals surface area contributed by atoms with E-state index in [9.17, 15) is 0 Å². The average Bonchev–Trinajstić information content (AvgIpc) is 3.46. The van der Waals surface area contributed by atoms with Crippen LogP contribution in [0.3, 0.4) is 0 Å². The van der Waals surface area contributed by atoms with Crippen LogP contribution in [-0.4, -0.2) is 10.6 Å². The minimum atomic E-state index is 0.213. The number of rotatable bonds is 3. The summed E-state index contributed by atoms with van der Waals surface area (Å²) in [6.07, 6.45) is 8.53. The highest BCUT2D eigenvalue weighted by Crippen LogP contribution is 2.53. The molecule has 0 bridgehead atoms. The number of anilines is 3. The van der Waals surface area contributed by atoms with Gasteiger partial charge < -0.3 is 14.8 Å². The van der Waals surface area contributed by atoms with Gasteiger partial charge in [0.25, 0.3) is 0 Å².